The van der Waals surface area contributed by atoms with Gasteiger partial charge in [0.2, 0.25) is 0 Å². The van der Waals surface area contributed by atoms with Crippen LogP contribution in [0.2, 0.25) is 0 Å². The highest BCUT2D eigenvalue weighted by atomic mass is 32.2. The summed E-state index contributed by atoms with van der Waals surface area (Å²) in [4.78, 5) is 26.4. The number of imide groups is 1. The molecule has 7 heteroatoms. The molecule has 1 saturated heterocycles. The standard InChI is InChI=1S/C22H14F3NO2S/c23-22(24,25)17-9-3-5-14(11-17)12-19-20(27)26(21(28)29-19)13-16-8-4-7-15-6-1-2-10-18(15)16/h1-12H,13H2/b19-12-. The third-order valence-corrected chi connectivity index (χ3v) is 5.50. The van der Waals surface area contributed by atoms with Crippen LogP contribution >= 0.6 is 11.8 Å². The Morgan fingerprint density at radius 3 is 2.45 bits per heavy atom. The Hall–Kier alpha value is -3.06. The number of amides is 2. The summed E-state index contributed by atoms with van der Waals surface area (Å²) < 4.78 is 38.7. The van der Waals surface area contributed by atoms with Gasteiger partial charge in [-0.15, -0.1) is 0 Å². The molecule has 0 atom stereocenters. The van der Waals surface area contributed by atoms with Crippen LogP contribution in [0.1, 0.15) is 16.7 Å². The van der Waals surface area contributed by atoms with E-state index in [0.29, 0.717) is 0 Å². The van der Waals surface area contributed by atoms with Crippen LogP contribution in [0, 0.1) is 0 Å². The smallest absolute Gasteiger partial charge is 0.268 e. The number of nitrogens with zero attached hydrogens (tertiary/aromatic N) is 1. The molecule has 146 valence electrons. The molecule has 0 aliphatic carbocycles. The first-order chi connectivity index (χ1) is 13.8. The van der Waals surface area contributed by atoms with Gasteiger partial charge in [-0.2, -0.15) is 13.2 Å². The van der Waals surface area contributed by atoms with Gasteiger partial charge in [-0.3, -0.25) is 14.5 Å². The molecule has 0 saturated carbocycles. The summed E-state index contributed by atoms with van der Waals surface area (Å²) in [5.41, 5.74) is 0.238. The molecule has 3 aromatic rings. The van der Waals surface area contributed by atoms with Gasteiger partial charge in [-0.25, -0.2) is 0 Å². The SMILES string of the molecule is O=C1S/C(=C\c2cccc(C(F)(F)F)c2)C(=O)N1Cc1cccc2ccccc12. The number of carbonyl (C=O) groups is 2. The maximum absolute atomic E-state index is 12.9. The molecule has 0 unspecified atom stereocenters. The van der Waals surface area contributed by atoms with E-state index in [4.69, 9.17) is 0 Å². The van der Waals surface area contributed by atoms with E-state index in [0.717, 1.165) is 45.1 Å². The maximum Gasteiger partial charge on any atom is 0.416 e. The van der Waals surface area contributed by atoms with Gasteiger partial charge >= 0.3 is 6.18 Å². The predicted octanol–water partition coefficient (Wildman–Crippen LogP) is 6.10. The molecule has 1 aliphatic rings. The molecule has 29 heavy (non-hydrogen) atoms. The Balaban J connectivity index is 1.62. The quantitative estimate of drug-likeness (QED) is 0.487. The van der Waals surface area contributed by atoms with Crippen molar-refractivity contribution in [2.75, 3.05) is 0 Å². The average molecular weight is 413 g/mol. The Morgan fingerprint density at radius 1 is 0.931 bits per heavy atom. The van der Waals surface area contributed by atoms with Crippen molar-refractivity contribution in [1.29, 1.82) is 0 Å². The van der Waals surface area contributed by atoms with Gasteiger partial charge in [-0.1, -0.05) is 54.6 Å². The zero-order valence-corrected chi connectivity index (χ0v) is 15.8. The minimum Gasteiger partial charge on any atom is -0.268 e. The summed E-state index contributed by atoms with van der Waals surface area (Å²) >= 11 is 0.732. The van der Waals surface area contributed by atoms with Crippen molar-refractivity contribution >= 4 is 39.8 Å². The number of alkyl halides is 3. The lowest BCUT2D eigenvalue weighted by Crippen LogP contribution is -2.27. The van der Waals surface area contributed by atoms with E-state index in [9.17, 15) is 22.8 Å². The number of halogens is 3. The van der Waals surface area contributed by atoms with E-state index in [1.54, 1.807) is 0 Å². The van der Waals surface area contributed by atoms with Gasteiger partial charge in [0.15, 0.2) is 0 Å². The zero-order valence-electron chi connectivity index (χ0n) is 14.9. The van der Waals surface area contributed by atoms with E-state index in [1.807, 2.05) is 42.5 Å². The van der Waals surface area contributed by atoms with E-state index < -0.39 is 22.9 Å². The van der Waals surface area contributed by atoms with E-state index in [-0.39, 0.29) is 17.0 Å². The van der Waals surface area contributed by atoms with Crippen molar-refractivity contribution in [3.63, 3.8) is 0 Å². The number of fused-ring (bicyclic) bond motifs is 1. The highest BCUT2D eigenvalue weighted by Crippen LogP contribution is 2.35. The predicted molar refractivity (Wildman–Crippen MR) is 107 cm³/mol. The lowest BCUT2D eigenvalue weighted by molar-refractivity contribution is -0.137. The molecule has 0 aromatic heterocycles. The largest absolute Gasteiger partial charge is 0.416 e. The fourth-order valence-electron chi connectivity index (χ4n) is 3.19. The lowest BCUT2D eigenvalue weighted by Gasteiger charge is -2.14. The van der Waals surface area contributed by atoms with Crippen LogP contribution in [0.3, 0.4) is 0 Å². The highest BCUT2D eigenvalue weighted by molar-refractivity contribution is 8.18. The molecule has 3 nitrogen and oxygen atoms in total. The summed E-state index contributed by atoms with van der Waals surface area (Å²) in [5.74, 6) is -0.509. The minimum absolute atomic E-state index is 0.103. The summed E-state index contributed by atoms with van der Waals surface area (Å²) in [6.07, 6.45) is -3.15. The molecule has 3 aromatic carbocycles. The van der Waals surface area contributed by atoms with E-state index >= 15 is 0 Å². The fourth-order valence-corrected chi connectivity index (χ4v) is 4.03. The number of carbonyl (C=O) groups excluding carboxylic acids is 2. The summed E-state index contributed by atoms with van der Waals surface area (Å²) in [5, 5.41) is 1.49. The topological polar surface area (TPSA) is 37.4 Å². The molecule has 1 fully saturated rings. The van der Waals surface area contributed by atoms with Gasteiger partial charge in [0.05, 0.1) is 17.0 Å². The molecule has 4 rings (SSSR count). The first kappa shape index (κ1) is 19.3. The van der Waals surface area contributed by atoms with Crippen molar-refractivity contribution < 1.29 is 22.8 Å². The number of benzene rings is 3. The lowest BCUT2D eigenvalue weighted by atomic mass is 10.0. The molecule has 2 amide bonds. The third kappa shape index (κ3) is 3.91. The first-order valence-corrected chi connectivity index (χ1v) is 9.54. The molecule has 0 bridgehead atoms. The van der Waals surface area contributed by atoms with Crippen LogP contribution in [-0.4, -0.2) is 16.0 Å². The summed E-state index contributed by atoms with van der Waals surface area (Å²) in [6.45, 7) is 0.103. The third-order valence-electron chi connectivity index (χ3n) is 4.59. The normalized spacial score (nSPS) is 16.2. The van der Waals surface area contributed by atoms with Gasteiger partial charge in [0, 0.05) is 0 Å². The van der Waals surface area contributed by atoms with Crippen molar-refractivity contribution in [3.05, 3.63) is 88.3 Å². The van der Waals surface area contributed by atoms with Crippen LogP contribution in [0.25, 0.3) is 16.8 Å². The minimum atomic E-state index is -4.47. The van der Waals surface area contributed by atoms with Crippen molar-refractivity contribution in [1.82, 2.24) is 4.90 Å². The monoisotopic (exact) mass is 413 g/mol. The number of hydrogen-bond acceptors (Lipinski definition) is 3. The number of thioether (sulfide) groups is 1. The van der Waals surface area contributed by atoms with Crippen LogP contribution in [0.5, 0.6) is 0 Å². The Bertz CT molecular complexity index is 1150. The van der Waals surface area contributed by atoms with E-state index in [2.05, 4.69) is 0 Å². The van der Waals surface area contributed by atoms with Crippen LogP contribution < -0.4 is 0 Å². The highest BCUT2D eigenvalue weighted by Gasteiger charge is 2.35. The molecule has 0 N–H and O–H groups in total. The molecular weight excluding hydrogens is 399 g/mol. The molecule has 1 heterocycles. The van der Waals surface area contributed by atoms with Gasteiger partial charge < -0.3 is 0 Å². The number of hydrogen-bond donors (Lipinski definition) is 0. The van der Waals surface area contributed by atoms with Gasteiger partial charge in [0.1, 0.15) is 0 Å². The molecule has 0 radical (unpaired) electrons. The first-order valence-electron chi connectivity index (χ1n) is 8.72. The molecule has 0 spiro atoms. The van der Waals surface area contributed by atoms with E-state index in [1.165, 1.54) is 18.2 Å². The van der Waals surface area contributed by atoms with Crippen molar-refractivity contribution in [2.45, 2.75) is 12.7 Å². The van der Waals surface area contributed by atoms with Crippen molar-refractivity contribution in [2.24, 2.45) is 0 Å². The Morgan fingerprint density at radius 2 is 1.66 bits per heavy atom. The zero-order chi connectivity index (χ0) is 20.6. The second kappa shape index (κ2) is 7.40. The fraction of sp³-hybridized carbons (Fsp3) is 0.0909. The van der Waals surface area contributed by atoms with Crippen LogP contribution in [-0.2, 0) is 17.5 Å². The second-order valence-corrected chi connectivity index (χ2v) is 7.52. The Labute approximate surface area is 168 Å². The van der Waals surface area contributed by atoms with Crippen LogP contribution in [0.15, 0.2) is 71.6 Å². The van der Waals surface area contributed by atoms with Crippen LogP contribution in [0.4, 0.5) is 18.0 Å². The Kier molecular flexibility index (Phi) is 4.92. The average Bonchev–Trinajstić information content (AvgIpc) is 2.95. The van der Waals surface area contributed by atoms with Crippen molar-refractivity contribution in [3.8, 4) is 0 Å². The van der Waals surface area contributed by atoms with Gasteiger partial charge in [0.25, 0.3) is 11.1 Å². The maximum atomic E-state index is 12.9. The van der Waals surface area contributed by atoms with Gasteiger partial charge in [-0.05, 0) is 51.9 Å². The number of rotatable bonds is 3. The second-order valence-electron chi connectivity index (χ2n) is 6.53. The molecule has 1 aliphatic heterocycles. The molecular formula is C22H14F3NO2S. The summed E-state index contributed by atoms with van der Waals surface area (Å²) in [7, 11) is 0. The summed E-state index contributed by atoms with van der Waals surface area (Å²) in [6, 6.07) is 18.0.